The number of anilines is 1. The van der Waals surface area contributed by atoms with E-state index in [0.29, 0.717) is 0 Å². The van der Waals surface area contributed by atoms with Crippen LogP contribution in [0.5, 0.6) is 0 Å². The zero-order valence-corrected chi connectivity index (χ0v) is 15.7. The summed E-state index contributed by atoms with van der Waals surface area (Å²) in [5.41, 5.74) is 2.04. The van der Waals surface area contributed by atoms with Gasteiger partial charge in [0, 0.05) is 18.8 Å². The highest BCUT2D eigenvalue weighted by Crippen LogP contribution is 2.20. The van der Waals surface area contributed by atoms with Gasteiger partial charge in [-0.25, -0.2) is 4.83 Å². The molecular formula is C21H21N3O2S. The number of rotatable bonds is 5. The quantitative estimate of drug-likeness (QED) is 0.542. The third-order valence-electron chi connectivity index (χ3n) is 4.78. The molecule has 1 N–H and O–H groups in total. The summed E-state index contributed by atoms with van der Waals surface area (Å²) in [6.45, 7) is 2.19. The normalized spacial score (nSPS) is 14.9. The lowest BCUT2D eigenvalue weighted by Gasteiger charge is -2.17. The van der Waals surface area contributed by atoms with Gasteiger partial charge in [-0.1, -0.05) is 42.5 Å². The SMILES string of the molecule is O=S(=O)(N/N=C/c1ccc(N2CCCC2)cc1)c1ccc2ccccc2c1. The van der Waals surface area contributed by atoms with E-state index in [1.807, 2.05) is 48.5 Å². The number of fused-ring (bicyclic) bond motifs is 1. The summed E-state index contributed by atoms with van der Waals surface area (Å²) >= 11 is 0. The highest BCUT2D eigenvalue weighted by atomic mass is 32.2. The van der Waals surface area contributed by atoms with Gasteiger partial charge in [-0.3, -0.25) is 0 Å². The molecule has 0 aliphatic carbocycles. The number of benzene rings is 3. The summed E-state index contributed by atoms with van der Waals surface area (Å²) in [6.07, 6.45) is 3.99. The van der Waals surface area contributed by atoms with Crippen molar-refractivity contribution >= 4 is 32.7 Å². The summed E-state index contributed by atoms with van der Waals surface area (Å²) in [4.78, 5) is 4.84. The van der Waals surface area contributed by atoms with E-state index in [1.54, 1.807) is 18.2 Å². The fraction of sp³-hybridized carbons (Fsp3) is 0.190. The van der Waals surface area contributed by atoms with E-state index in [4.69, 9.17) is 0 Å². The summed E-state index contributed by atoms with van der Waals surface area (Å²) in [5, 5.41) is 5.80. The van der Waals surface area contributed by atoms with Crippen molar-refractivity contribution in [2.75, 3.05) is 18.0 Å². The van der Waals surface area contributed by atoms with Crippen molar-refractivity contribution in [1.29, 1.82) is 0 Å². The third-order valence-corrected chi connectivity index (χ3v) is 6.00. The van der Waals surface area contributed by atoms with Gasteiger partial charge in [-0.15, -0.1) is 0 Å². The zero-order valence-electron chi connectivity index (χ0n) is 14.9. The van der Waals surface area contributed by atoms with Gasteiger partial charge >= 0.3 is 0 Å². The standard InChI is InChI=1S/C21H21N3O2S/c25-27(26,21-12-9-18-5-1-2-6-19(18)15-21)23-22-16-17-7-10-20(11-8-17)24-13-3-4-14-24/h1-2,5-12,15-16,23H,3-4,13-14H2/b22-16+. The molecule has 27 heavy (non-hydrogen) atoms. The van der Waals surface area contributed by atoms with Gasteiger partial charge in [0.05, 0.1) is 11.1 Å². The Morgan fingerprint density at radius 3 is 2.33 bits per heavy atom. The minimum Gasteiger partial charge on any atom is -0.372 e. The van der Waals surface area contributed by atoms with E-state index in [0.717, 1.165) is 29.4 Å². The van der Waals surface area contributed by atoms with E-state index >= 15 is 0 Å². The first-order chi connectivity index (χ1) is 13.1. The van der Waals surface area contributed by atoms with Gasteiger partial charge in [0.1, 0.15) is 0 Å². The van der Waals surface area contributed by atoms with Crippen molar-refractivity contribution in [3.8, 4) is 0 Å². The molecule has 0 radical (unpaired) electrons. The molecular weight excluding hydrogens is 358 g/mol. The van der Waals surface area contributed by atoms with Crippen LogP contribution >= 0.6 is 0 Å². The fourth-order valence-electron chi connectivity index (χ4n) is 3.30. The van der Waals surface area contributed by atoms with Crippen LogP contribution in [0, 0.1) is 0 Å². The molecule has 1 saturated heterocycles. The second kappa shape index (κ2) is 7.40. The molecule has 3 aromatic rings. The van der Waals surface area contributed by atoms with E-state index in [2.05, 4.69) is 14.8 Å². The van der Waals surface area contributed by atoms with Gasteiger partial charge in [0.2, 0.25) is 0 Å². The molecule has 1 aliphatic heterocycles. The van der Waals surface area contributed by atoms with Crippen LogP contribution in [-0.2, 0) is 10.0 Å². The lowest BCUT2D eigenvalue weighted by molar-refractivity contribution is 0.585. The zero-order chi connectivity index (χ0) is 18.7. The van der Waals surface area contributed by atoms with E-state index < -0.39 is 10.0 Å². The molecule has 0 saturated carbocycles. The first-order valence-electron chi connectivity index (χ1n) is 9.00. The number of hydrogen-bond acceptors (Lipinski definition) is 4. The number of sulfonamides is 1. The Balaban J connectivity index is 1.46. The molecule has 0 bridgehead atoms. The molecule has 0 amide bonds. The van der Waals surface area contributed by atoms with E-state index in [-0.39, 0.29) is 4.90 Å². The summed E-state index contributed by atoms with van der Waals surface area (Å²) in [6, 6.07) is 20.7. The molecule has 138 valence electrons. The molecule has 1 aliphatic rings. The van der Waals surface area contributed by atoms with Crippen molar-refractivity contribution in [3.05, 3.63) is 72.3 Å². The van der Waals surface area contributed by atoms with E-state index in [1.165, 1.54) is 24.7 Å². The van der Waals surface area contributed by atoms with Crippen LogP contribution in [0.1, 0.15) is 18.4 Å². The fourth-order valence-corrected chi connectivity index (χ4v) is 4.13. The van der Waals surface area contributed by atoms with Crippen molar-refractivity contribution in [1.82, 2.24) is 4.83 Å². The monoisotopic (exact) mass is 379 g/mol. The van der Waals surface area contributed by atoms with Crippen LogP contribution in [-0.4, -0.2) is 27.7 Å². The maximum atomic E-state index is 12.5. The van der Waals surface area contributed by atoms with Gasteiger partial charge in [-0.05, 0) is 53.4 Å². The molecule has 5 nitrogen and oxygen atoms in total. The number of nitrogens with zero attached hydrogens (tertiary/aromatic N) is 2. The van der Waals surface area contributed by atoms with Gasteiger partial charge in [0.15, 0.2) is 0 Å². The Morgan fingerprint density at radius 1 is 0.889 bits per heavy atom. The second-order valence-corrected chi connectivity index (χ2v) is 8.31. The molecule has 0 spiro atoms. The van der Waals surface area contributed by atoms with Gasteiger partial charge in [0.25, 0.3) is 10.0 Å². The van der Waals surface area contributed by atoms with Crippen LogP contribution in [0.25, 0.3) is 10.8 Å². The smallest absolute Gasteiger partial charge is 0.276 e. The molecule has 1 heterocycles. The summed E-state index contributed by atoms with van der Waals surface area (Å²) < 4.78 is 24.9. The summed E-state index contributed by atoms with van der Waals surface area (Å²) in [7, 11) is -3.70. The minimum absolute atomic E-state index is 0.197. The van der Waals surface area contributed by atoms with Crippen LogP contribution < -0.4 is 9.73 Å². The van der Waals surface area contributed by atoms with Crippen molar-refractivity contribution in [2.24, 2.45) is 5.10 Å². The second-order valence-electron chi connectivity index (χ2n) is 6.65. The Hall–Kier alpha value is -2.86. The van der Waals surface area contributed by atoms with Crippen molar-refractivity contribution in [2.45, 2.75) is 17.7 Å². The predicted molar refractivity (Wildman–Crippen MR) is 110 cm³/mol. The van der Waals surface area contributed by atoms with Crippen LogP contribution in [0.2, 0.25) is 0 Å². The maximum Gasteiger partial charge on any atom is 0.276 e. The first kappa shape index (κ1) is 17.5. The van der Waals surface area contributed by atoms with Crippen LogP contribution in [0.3, 0.4) is 0 Å². The maximum absolute atomic E-state index is 12.5. The van der Waals surface area contributed by atoms with E-state index in [9.17, 15) is 8.42 Å². The Bertz CT molecular complexity index is 1070. The Kier molecular flexibility index (Phi) is 4.81. The summed E-state index contributed by atoms with van der Waals surface area (Å²) in [5.74, 6) is 0. The van der Waals surface area contributed by atoms with Crippen molar-refractivity contribution in [3.63, 3.8) is 0 Å². The number of nitrogens with one attached hydrogen (secondary N) is 1. The predicted octanol–water partition coefficient (Wildman–Crippen LogP) is 3.75. The van der Waals surface area contributed by atoms with Crippen LogP contribution in [0.15, 0.2) is 76.7 Å². The molecule has 4 rings (SSSR count). The minimum atomic E-state index is -3.70. The number of hydrogen-bond donors (Lipinski definition) is 1. The highest BCUT2D eigenvalue weighted by Gasteiger charge is 2.13. The Morgan fingerprint density at radius 2 is 1.59 bits per heavy atom. The van der Waals surface area contributed by atoms with Gasteiger partial charge < -0.3 is 4.90 Å². The lowest BCUT2D eigenvalue weighted by atomic mass is 10.1. The number of hydrazone groups is 1. The average molecular weight is 379 g/mol. The largest absolute Gasteiger partial charge is 0.372 e. The van der Waals surface area contributed by atoms with Crippen LogP contribution in [0.4, 0.5) is 5.69 Å². The average Bonchev–Trinajstić information content (AvgIpc) is 3.23. The molecule has 1 fully saturated rings. The lowest BCUT2D eigenvalue weighted by Crippen LogP contribution is -2.18. The molecule has 0 atom stereocenters. The van der Waals surface area contributed by atoms with Gasteiger partial charge in [-0.2, -0.15) is 13.5 Å². The molecule has 6 heteroatoms. The highest BCUT2D eigenvalue weighted by molar-refractivity contribution is 7.89. The molecule has 3 aromatic carbocycles. The molecule has 0 aromatic heterocycles. The third kappa shape index (κ3) is 3.95. The topological polar surface area (TPSA) is 61.8 Å². The van der Waals surface area contributed by atoms with Crippen molar-refractivity contribution < 1.29 is 8.42 Å². The molecule has 0 unspecified atom stereocenters. The Labute approximate surface area is 159 Å². The first-order valence-corrected chi connectivity index (χ1v) is 10.5.